The van der Waals surface area contributed by atoms with Crippen LogP contribution < -0.4 is 0 Å². The van der Waals surface area contributed by atoms with E-state index in [2.05, 4.69) is 57.9 Å². The Morgan fingerprint density at radius 1 is 0.727 bits per heavy atom. The Kier molecular flexibility index (Phi) is 3.22. The van der Waals surface area contributed by atoms with Crippen molar-refractivity contribution in [2.24, 2.45) is 9.98 Å². The minimum atomic E-state index is 0.850. The molecular formula is C18H10N2S2. The van der Waals surface area contributed by atoms with Crippen molar-refractivity contribution in [3.05, 3.63) is 24.3 Å². The van der Waals surface area contributed by atoms with Crippen molar-refractivity contribution in [1.29, 1.82) is 0 Å². The molecule has 0 spiro atoms. The van der Waals surface area contributed by atoms with Gasteiger partial charge in [-0.05, 0) is 50.0 Å². The molecule has 0 unspecified atom stereocenters. The molecule has 4 rings (SSSR count). The van der Waals surface area contributed by atoms with Crippen LogP contribution in [-0.2, 0) is 0 Å². The number of thioether (sulfide) groups is 2. The minimum absolute atomic E-state index is 0.850. The van der Waals surface area contributed by atoms with E-state index in [1.165, 1.54) is 20.6 Å². The van der Waals surface area contributed by atoms with Gasteiger partial charge in [-0.3, -0.25) is 0 Å². The molecule has 0 aromatic heterocycles. The smallest absolute Gasteiger partial charge is 0.152 e. The van der Waals surface area contributed by atoms with Crippen molar-refractivity contribution < 1.29 is 0 Å². The van der Waals surface area contributed by atoms with E-state index in [1.54, 1.807) is 23.5 Å². The molecule has 22 heavy (non-hydrogen) atoms. The predicted octanol–water partition coefficient (Wildman–Crippen LogP) is 5.16. The molecule has 2 heterocycles. The molecule has 0 saturated carbocycles. The summed E-state index contributed by atoms with van der Waals surface area (Å²) in [5.74, 6) is 12.0. The first-order valence-electron chi connectivity index (χ1n) is 6.78. The topological polar surface area (TPSA) is 24.7 Å². The average molecular weight is 318 g/mol. The van der Waals surface area contributed by atoms with Gasteiger partial charge in [0.25, 0.3) is 0 Å². The lowest BCUT2D eigenvalue weighted by Crippen LogP contribution is -1.98. The van der Waals surface area contributed by atoms with Crippen molar-refractivity contribution in [2.45, 2.75) is 23.6 Å². The lowest BCUT2D eigenvalue weighted by molar-refractivity contribution is 1.40. The second kappa shape index (κ2) is 5.25. The molecule has 2 aromatic carbocycles. The summed E-state index contributed by atoms with van der Waals surface area (Å²) in [6.07, 6.45) is 0. The van der Waals surface area contributed by atoms with Gasteiger partial charge in [0.1, 0.15) is 0 Å². The molecule has 4 heteroatoms. The fourth-order valence-corrected chi connectivity index (χ4v) is 4.45. The lowest BCUT2D eigenvalue weighted by atomic mass is 10.1. The van der Waals surface area contributed by atoms with Crippen LogP contribution in [-0.4, -0.2) is 10.1 Å². The monoisotopic (exact) mass is 318 g/mol. The highest BCUT2D eigenvalue weighted by Gasteiger charge is 2.22. The quantitative estimate of drug-likeness (QED) is 0.627. The fraction of sp³-hybridized carbons (Fsp3) is 0.111. The maximum absolute atomic E-state index is 4.67. The van der Waals surface area contributed by atoms with Gasteiger partial charge in [0.15, 0.2) is 10.1 Å². The highest BCUT2D eigenvalue weighted by atomic mass is 32.2. The summed E-state index contributed by atoms with van der Waals surface area (Å²) in [7, 11) is 0. The first kappa shape index (κ1) is 13.5. The first-order valence-corrected chi connectivity index (χ1v) is 8.42. The van der Waals surface area contributed by atoms with Gasteiger partial charge in [0, 0.05) is 20.6 Å². The van der Waals surface area contributed by atoms with Crippen LogP contribution in [0.1, 0.15) is 13.8 Å². The van der Waals surface area contributed by atoms with Gasteiger partial charge in [-0.2, -0.15) is 0 Å². The predicted molar refractivity (Wildman–Crippen MR) is 96.8 cm³/mol. The number of rotatable bonds is 0. The van der Waals surface area contributed by atoms with Crippen LogP contribution in [0.5, 0.6) is 0 Å². The molecule has 0 saturated heterocycles. The maximum Gasteiger partial charge on any atom is 0.152 e. The van der Waals surface area contributed by atoms with Crippen LogP contribution in [0.3, 0.4) is 0 Å². The third-order valence-electron chi connectivity index (χ3n) is 3.36. The van der Waals surface area contributed by atoms with E-state index in [9.17, 15) is 0 Å². The Morgan fingerprint density at radius 3 is 1.59 bits per heavy atom. The van der Waals surface area contributed by atoms with Crippen LogP contribution in [0.2, 0.25) is 0 Å². The lowest BCUT2D eigenvalue weighted by Gasteiger charge is -2.19. The molecule has 104 valence electrons. The van der Waals surface area contributed by atoms with E-state index in [4.69, 9.17) is 0 Å². The van der Waals surface area contributed by atoms with Crippen LogP contribution in [0, 0.1) is 23.7 Å². The summed E-state index contributed by atoms with van der Waals surface area (Å²) in [4.78, 5) is 11.7. The highest BCUT2D eigenvalue weighted by molar-refractivity contribution is 8.15. The largest absolute Gasteiger partial charge is 0.232 e. The highest BCUT2D eigenvalue weighted by Crippen LogP contribution is 2.49. The summed E-state index contributed by atoms with van der Waals surface area (Å²) < 4.78 is 0. The van der Waals surface area contributed by atoms with Gasteiger partial charge in [0.05, 0.1) is 11.4 Å². The van der Waals surface area contributed by atoms with E-state index in [0.29, 0.717) is 0 Å². The van der Waals surface area contributed by atoms with Crippen molar-refractivity contribution in [1.82, 2.24) is 0 Å². The van der Waals surface area contributed by atoms with Crippen LogP contribution in [0.15, 0.2) is 44.0 Å². The fourth-order valence-electron chi connectivity index (χ4n) is 2.55. The normalized spacial score (nSPS) is 14.3. The van der Waals surface area contributed by atoms with Gasteiger partial charge in [-0.25, -0.2) is 9.98 Å². The standard InChI is InChI=1S/C18H10N2S2/c1-3-5-15-19-11-7-10-14-18-12(20-16(22-14)6-4-2)8-9-13(21-15)17(11)18/h7-10H,1-2H3. The Morgan fingerprint density at radius 2 is 1.18 bits per heavy atom. The summed E-state index contributed by atoms with van der Waals surface area (Å²) in [6, 6.07) is 8.35. The molecule has 0 atom stereocenters. The summed E-state index contributed by atoms with van der Waals surface area (Å²) >= 11 is 3.26. The van der Waals surface area contributed by atoms with Crippen molar-refractivity contribution in [3.8, 4) is 23.7 Å². The van der Waals surface area contributed by atoms with Crippen molar-refractivity contribution >= 4 is 55.8 Å². The summed E-state index contributed by atoms with van der Waals surface area (Å²) in [5.41, 5.74) is 1.96. The molecule has 0 aliphatic carbocycles. The van der Waals surface area contributed by atoms with Crippen LogP contribution in [0.25, 0.3) is 10.8 Å². The van der Waals surface area contributed by atoms with E-state index >= 15 is 0 Å². The molecule has 0 amide bonds. The number of hydrogen-bond acceptors (Lipinski definition) is 4. The van der Waals surface area contributed by atoms with Gasteiger partial charge in [-0.1, -0.05) is 35.4 Å². The zero-order valence-corrected chi connectivity index (χ0v) is 13.7. The zero-order chi connectivity index (χ0) is 15.1. The third kappa shape index (κ3) is 2.04. The number of hydrogen-bond donors (Lipinski definition) is 0. The molecule has 0 fully saturated rings. The molecule has 0 bridgehead atoms. The van der Waals surface area contributed by atoms with Crippen molar-refractivity contribution in [2.75, 3.05) is 0 Å². The van der Waals surface area contributed by atoms with Gasteiger partial charge in [0.2, 0.25) is 0 Å². The van der Waals surface area contributed by atoms with Gasteiger partial charge < -0.3 is 0 Å². The molecule has 2 nitrogen and oxygen atoms in total. The van der Waals surface area contributed by atoms with Gasteiger partial charge >= 0.3 is 0 Å². The van der Waals surface area contributed by atoms with Crippen LogP contribution in [0.4, 0.5) is 11.4 Å². The Labute approximate surface area is 137 Å². The second-order valence-corrected chi connectivity index (χ2v) is 6.76. The SMILES string of the molecule is CC#CC1=Nc2ccc3c4c(ccc(c24)S1)N=C(C#CC)S3. The van der Waals surface area contributed by atoms with E-state index in [0.717, 1.165) is 21.5 Å². The minimum Gasteiger partial charge on any atom is -0.232 e. The molecule has 2 aliphatic heterocycles. The number of nitrogens with zero attached hydrogens (tertiary/aromatic N) is 2. The third-order valence-corrected chi connectivity index (χ3v) is 5.25. The number of aliphatic imine (C=N–C) groups is 2. The van der Waals surface area contributed by atoms with E-state index < -0.39 is 0 Å². The Hall–Kier alpha value is -2.14. The molecule has 2 aliphatic rings. The maximum atomic E-state index is 4.67. The first-order chi connectivity index (χ1) is 10.8. The molecule has 0 N–H and O–H groups in total. The van der Waals surface area contributed by atoms with Gasteiger partial charge in [-0.15, -0.1) is 0 Å². The summed E-state index contributed by atoms with van der Waals surface area (Å²) in [5, 5.41) is 4.06. The molecule has 2 aromatic rings. The molecule has 0 radical (unpaired) electrons. The van der Waals surface area contributed by atoms with Crippen LogP contribution >= 0.6 is 23.5 Å². The molecular weight excluding hydrogens is 308 g/mol. The van der Waals surface area contributed by atoms with E-state index in [1.807, 2.05) is 13.8 Å². The zero-order valence-electron chi connectivity index (χ0n) is 12.0. The van der Waals surface area contributed by atoms with Crippen molar-refractivity contribution in [3.63, 3.8) is 0 Å². The second-order valence-electron chi connectivity index (χ2n) is 4.70. The van der Waals surface area contributed by atoms with E-state index in [-0.39, 0.29) is 0 Å². The Bertz CT molecular complexity index is 925. The number of benzene rings is 2. The average Bonchev–Trinajstić information content (AvgIpc) is 2.53. The summed E-state index contributed by atoms with van der Waals surface area (Å²) in [6.45, 7) is 3.67. The Balaban J connectivity index is 2.03.